The standard InChI is InChI=1S/C26H28O6/c1-16(27)19-8-10-21(11-9-19)25(29)32-15-18-4-6-20(7-5-18)24-14-22(17(2)28)12-13-23(24)26(30)31-3/h8-14,18,20H,4-7,15H2,1-3H3. The van der Waals surface area contributed by atoms with Crippen LogP contribution in [0.5, 0.6) is 0 Å². The number of hydrogen-bond acceptors (Lipinski definition) is 6. The fourth-order valence-corrected chi connectivity index (χ4v) is 4.17. The van der Waals surface area contributed by atoms with Crippen LogP contribution in [0.1, 0.15) is 92.4 Å². The molecule has 1 aliphatic carbocycles. The van der Waals surface area contributed by atoms with E-state index in [0.29, 0.717) is 28.9 Å². The summed E-state index contributed by atoms with van der Waals surface area (Å²) in [6.07, 6.45) is 3.38. The van der Waals surface area contributed by atoms with Gasteiger partial charge in [-0.15, -0.1) is 0 Å². The van der Waals surface area contributed by atoms with E-state index < -0.39 is 11.9 Å². The zero-order valence-corrected chi connectivity index (χ0v) is 18.7. The van der Waals surface area contributed by atoms with E-state index in [1.54, 1.807) is 36.4 Å². The van der Waals surface area contributed by atoms with Crippen molar-refractivity contribution in [2.45, 2.75) is 45.4 Å². The Labute approximate surface area is 187 Å². The molecule has 6 heteroatoms. The third-order valence-corrected chi connectivity index (χ3v) is 6.13. The summed E-state index contributed by atoms with van der Waals surface area (Å²) in [5.41, 5.74) is 2.92. The molecule has 0 aliphatic heterocycles. The first kappa shape index (κ1) is 23.4. The van der Waals surface area contributed by atoms with E-state index in [2.05, 4.69) is 0 Å². The van der Waals surface area contributed by atoms with Crippen molar-refractivity contribution in [2.24, 2.45) is 5.92 Å². The first-order chi connectivity index (χ1) is 15.3. The molecule has 0 aromatic heterocycles. The predicted octanol–water partition coefficient (Wildman–Crippen LogP) is 5.01. The molecule has 2 aromatic rings. The van der Waals surface area contributed by atoms with Crippen molar-refractivity contribution in [3.8, 4) is 0 Å². The molecule has 0 saturated heterocycles. The van der Waals surface area contributed by atoms with Gasteiger partial charge in [0, 0.05) is 11.1 Å². The van der Waals surface area contributed by atoms with Gasteiger partial charge in [-0.1, -0.05) is 18.2 Å². The van der Waals surface area contributed by atoms with Crippen molar-refractivity contribution in [2.75, 3.05) is 13.7 Å². The Hall–Kier alpha value is -3.28. The topological polar surface area (TPSA) is 86.7 Å². The van der Waals surface area contributed by atoms with Crippen LogP contribution in [0, 0.1) is 5.92 Å². The molecule has 6 nitrogen and oxygen atoms in total. The molecule has 0 N–H and O–H groups in total. The molecule has 168 valence electrons. The zero-order valence-electron chi connectivity index (χ0n) is 18.7. The monoisotopic (exact) mass is 436 g/mol. The minimum absolute atomic E-state index is 0.0420. The van der Waals surface area contributed by atoms with Crippen LogP contribution < -0.4 is 0 Å². The minimum Gasteiger partial charge on any atom is -0.465 e. The summed E-state index contributed by atoms with van der Waals surface area (Å²) in [7, 11) is 1.35. The zero-order chi connectivity index (χ0) is 23.3. The van der Waals surface area contributed by atoms with Crippen molar-refractivity contribution in [3.63, 3.8) is 0 Å². The maximum atomic E-state index is 12.3. The van der Waals surface area contributed by atoms with Gasteiger partial charge in [0.25, 0.3) is 0 Å². The number of ether oxygens (including phenoxy) is 2. The highest BCUT2D eigenvalue weighted by molar-refractivity contribution is 5.97. The third kappa shape index (κ3) is 5.49. The van der Waals surface area contributed by atoms with Gasteiger partial charge in [-0.25, -0.2) is 9.59 Å². The second-order valence-corrected chi connectivity index (χ2v) is 8.30. The lowest BCUT2D eigenvalue weighted by Gasteiger charge is -2.29. The Kier molecular flexibility index (Phi) is 7.57. The van der Waals surface area contributed by atoms with E-state index in [9.17, 15) is 19.2 Å². The number of benzene rings is 2. The average molecular weight is 437 g/mol. The van der Waals surface area contributed by atoms with Gasteiger partial charge < -0.3 is 9.47 Å². The summed E-state index contributed by atoms with van der Waals surface area (Å²) in [5, 5.41) is 0. The Bertz CT molecular complexity index is 1010. The highest BCUT2D eigenvalue weighted by atomic mass is 16.5. The Morgan fingerprint density at radius 3 is 1.91 bits per heavy atom. The first-order valence-electron chi connectivity index (χ1n) is 10.8. The number of carbonyl (C=O) groups is 4. The highest BCUT2D eigenvalue weighted by Gasteiger charge is 2.27. The van der Waals surface area contributed by atoms with E-state index in [0.717, 1.165) is 31.2 Å². The molecule has 1 aliphatic rings. The molecule has 0 amide bonds. The lowest BCUT2D eigenvalue weighted by atomic mass is 9.77. The SMILES string of the molecule is COC(=O)c1ccc(C(C)=O)cc1C1CCC(COC(=O)c2ccc(C(C)=O)cc2)CC1. The second-order valence-electron chi connectivity index (χ2n) is 8.30. The van der Waals surface area contributed by atoms with Crippen LogP contribution >= 0.6 is 0 Å². The molecular weight excluding hydrogens is 408 g/mol. The molecule has 0 radical (unpaired) electrons. The van der Waals surface area contributed by atoms with E-state index in [4.69, 9.17) is 9.47 Å². The molecule has 2 aromatic carbocycles. The number of carbonyl (C=O) groups excluding carboxylic acids is 4. The molecule has 0 spiro atoms. The van der Waals surface area contributed by atoms with Gasteiger partial charge in [-0.2, -0.15) is 0 Å². The van der Waals surface area contributed by atoms with Gasteiger partial charge in [0.2, 0.25) is 0 Å². The minimum atomic E-state index is -0.401. The number of hydrogen-bond donors (Lipinski definition) is 0. The van der Waals surface area contributed by atoms with E-state index in [1.807, 2.05) is 6.07 Å². The molecule has 1 saturated carbocycles. The van der Waals surface area contributed by atoms with Crippen molar-refractivity contribution in [1.29, 1.82) is 0 Å². The fourth-order valence-electron chi connectivity index (χ4n) is 4.17. The Morgan fingerprint density at radius 2 is 1.34 bits per heavy atom. The Morgan fingerprint density at radius 1 is 0.781 bits per heavy atom. The summed E-state index contributed by atoms with van der Waals surface area (Å²) in [4.78, 5) is 47.7. The molecule has 0 bridgehead atoms. The number of methoxy groups -OCH3 is 1. The van der Waals surface area contributed by atoms with Crippen LogP contribution in [0.4, 0.5) is 0 Å². The lowest BCUT2D eigenvalue weighted by molar-refractivity contribution is 0.0403. The van der Waals surface area contributed by atoms with Gasteiger partial charge in [0.1, 0.15) is 0 Å². The molecule has 0 unspecified atom stereocenters. The summed E-state index contributed by atoms with van der Waals surface area (Å²) in [5.74, 6) is -0.504. The van der Waals surface area contributed by atoms with Crippen LogP contribution in [0.15, 0.2) is 42.5 Å². The quantitative estimate of drug-likeness (QED) is 0.448. The second kappa shape index (κ2) is 10.4. The van der Waals surface area contributed by atoms with Crippen LogP contribution in [0.3, 0.4) is 0 Å². The van der Waals surface area contributed by atoms with E-state index in [-0.39, 0.29) is 23.4 Å². The summed E-state index contributed by atoms with van der Waals surface area (Å²) >= 11 is 0. The fraction of sp³-hybridized carbons (Fsp3) is 0.385. The lowest BCUT2D eigenvalue weighted by Crippen LogP contribution is -2.21. The van der Waals surface area contributed by atoms with Crippen LogP contribution in [-0.4, -0.2) is 37.2 Å². The van der Waals surface area contributed by atoms with Crippen molar-refractivity contribution in [1.82, 2.24) is 0 Å². The van der Waals surface area contributed by atoms with Gasteiger partial charge in [-0.05, 0) is 81.2 Å². The maximum absolute atomic E-state index is 12.3. The highest BCUT2D eigenvalue weighted by Crippen LogP contribution is 2.38. The van der Waals surface area contributed by atoms with Gasteiger partial charge >= 0.3 is 11.9 Å². The van der Waals surface area contributed by atoms with Gasteiger partial charge in [0.15, 0.2) is 11.6 Å². The smallest absolute Gasteiger partial charge is 0.338 e. The summed E-state index contributed by atoms with van der Waals surface area (Å²) in [6, 6.07) is 11.6. The van der Waals surface area contributed by atoms with Crippen LogP contribution in [0.2, 0.25) is 0 Å². The maximum Gasteiger partial charge on any atom is 0.338 e. The van der Waals surface area contributed by atoms with Crippen LogP contribution in [-0.2, 0) is 9.47 Å². The largest absolute Gasteiger partial charge is 0.465 e. The molecule has 0 atom stereocenters. The van der Waals surface area contributed by atoms with E-state index >= 15 is 0 Å². The predicted molar refractivity (Wildman–Crippen MR) is 119 cm³/mol. The normalized spacial score (nSPS) is 18.0. The molecular formula is C26H28O6. The number of esters is 2. The summed E-state index contributed by atoms with van der Waals surface area (Å²) < 4.78 is 10.4. The molecule has 0 heterocycles. The van der Waals surface area contributed by atoms with Crippen LogP contribution in [0.25, 0.3) is 0 Å². The number of rotatable bonds is 7. The van der Waals surface area contributed by atoms with Crippen molar-refractivity contribution >= 4 is 23.5 Å². The Balaban J connectivity index is 1.60. The average Bonchev–Trinajstić information content (AvgIpc) is 2.82. The number of Topliss-reactive ketones (excluding diaryl/α,β-unsaturated/α-hetero) is 2. The molecule has 3 rings (SSSR count). The molecule has 32 heavy (non-hydrogen) atoms. The first-order valence-corrected chi connectivity index (χ1v) is 10.8. The van der Waals surface area contributed by atoms with Gasteiger partial charge in [-0.3, -0.25) is 9.59 Å². The van der Waals surface area contributed by atoms with Gasteiger partial charge in [0.05, 0.1) is 24.8 Å². The van der Waals surface area contributed by atoms with Crippen molar-refractivity contribution in [3.05, 3.63) is 70.3 Å². The van der Waals surface area contributed by atoms with Crippen molar-refractivity contribution < 1.29 is 28.7 Å². The number of ketones is 2. The molecule has 1 fully saturated rings. The third-order valence-electron chi connectivity index (χ3n) is 6.13. The summed E-state index contributed by atoms with van der Waals surface area (Å²) in [6.45, 7) is 3.32. The van der Waals surface area contributed by atoms with E-state index in [1.165, 1.54) is 21.0 Å².